The zero-order valence-corrected chi connectivity index (χ0v) is 14.5. The largest absolute Gasteiger partial charge is 0.467 e. The molecular formula is C17H13ClN2O4S. The van der Waals surface area contributed by atoms with E-state index in [1.54, 1.807) is 42.5 Å². The minimum Gasteiger partial charge on any atom is -0.467 e. The second-order valence-corrected chi connectivity index (χ2v) is 6.61. The molecule has 3 amide bonds. The number of carbonyl (C=O) groups is 3. The smallest absolute Gasteiger partial charge is 0.294 e. The number of furan rings is 1. The molecule has 2 heterocycles. The zero-order chi connectivity index (χ0) is 17.8. The van der Waals surface area contributed by atoms with E-state index in [2.05, 4.69) is 5.32 Å². The Balaban J connectivity index is 1.62. The Morgan fingerprint density at radius 3 is 2.68 bits per heavy atom. The molecule has 1 fully saturated rings. The van der Waals surface area contributed by atoms with Crippen molar-refractivity contribution in [2.75, 3.05) is 6.54 Å². The fourth-order valence-electron chi connectivity index (χ4n) is 2.15. The van der Waals surface area contributed by atoms with Gasteiger partial charge in [0, 0.05) is 5.02 Å². The summed E-state index contributed by atoms with van der Waals surface area (Å²) in [5.74, 6) is -0.338. The molecule has 0 radical (unpaired) electrons. The lowest BCUT2D eigenvalue weighted by Crippen LogP contribution is -2.39. The number of nitrogens with one attached hydrogen (secondary N) is 1. The van der Waals surface area contributed by atoms with E-state index >= 15 is 0 Å². The van der Waals surface area contributed by atoms with E-state index in [1.807, 2.05) is 0 Å². The van der Waals surface area contributed by atoms with Crippen molar-refractivity contribution >= 4 is 46.5 Å². The number of thioether (sulfide) groups is 1. The summed E-state index contributed by atoms with van der Waals surface area (Å²) in [7, 11) is 0. The summed E-state index contributed by atoms with van der Waals surface area (Å²) in [6.07, 6.45) is 3.10. The van der Waals surface area contributed by atoms with Gasteiger partial charge in [-0.05, 0) is 47.7 Å². The first-order valence-electron chi connectivity index (χ1n) is 7.33. The normalized spacial score (nSPS) is 15.9. The lowest BCUT2D eigenvalue weighted by atomic mass is 10.2. The molecule has 0 atom stereocenters. The third-order valence-corrected chi connectivity index (χ3v) is 4.54. The van der Waals surface area contributed by atoms with Gasteiger partial charge in [0.05, 0.1) is 17.7 Å². The van der Waals surface area contributed by atoms with Crippen molar-refractivity contribution in [2.45, 2.75) is 6.54 Å². The van der Waals surface area contributed by atoms with Crippen LogP contribution in [0.1, 0.15) is 11.3 Å². The standard InChI is InChI=1S/C17H13ClN2O4S/c18-12-5-3-11(4-6-12)8-14-16(22)20(17(23)25-14)10-15(21)19-9-13-2-1-7-24-13/h1-8H,9-10H2,(H,19,21)/b14-8-. The molecule has 0 bridgehead atoms. The van der Waals surface area contributed by atoms with Crippen molar-refractivity contribution in [1.82, 2.24) is 10.2 Å². The molecule has 1 saturated heterocycles. The molecule has 1 aromatic carbocycles. The van der Waals surface area contributed by atoms with E-state index in [4.69, 9.17) is 16.0 Å². The highest BCUT2D eigenvalue weighted by molar-refractivity contribution is 8.18. The summed E-state index contributed by atoms with van der Waals surface area (Å²) in [6, 6.07) is 10.3. The second kappa shape index (κ2) is 7.58. The third kappa shape index (κ3) is 4.32. The lowest BCUT2D eigenvalue weighted by molar-refractivity contribution is -0.129. The molecule has 8 heteroatoms. The first kappa shape index (κ1) is 17.3. The summed E-state index contributed by atoms with van der Waals surface area (Å²) in [4.78, 5) is 37.5. The van der Waals surface area contributed by atoms with Crippen LogP contribution in [0.25, 0.3) is 6.08 Å². The Labute approximate surface area is 152 Å². The van der Waals surface area contributed by atoms with Crippen LogP contribution in [0.3, 0.4) is 0 Å². The average molecular weight is 377 g/mol. The number of nitrogens with zero attached hydrogens (tertiary/aromatic N) is 1. The second-order valence-electron chi connectivity index (χ2n) is 5.18. The Morgan fingerprint density at radius 1 is 1.24 bits per heavy atom. The van der Waals surface area contributed by atoms with Crippen LogP contribution < -0.4 is 5.32 Å². The van der Waals surface area contributed by atoms with Crippen molar-refractivity contribution < 1.29 is 18.8 Å². The summed E-state index contributed by atoms with van der Waals surface area (Å²) >= 11 is 6.63. The van der Waals surface area contributed by atoms with E-state index in [1.165, 1.54) is 6.26 Å². The van der Waals surface area contributed by atoms with Crippen molar-refractivity contribution in [2.24, 2.45) is 0 Å². The maximum atomic E-state index is 12.3. The van der Waals surface area contributed by atoms with E-state index in [9.17, 15) is 14.4 Å². The molecule has 0 saturated carbocycles. The maximum absolute atomic E-state index is 12.3. The molecule has 25 heavy (non-hydrogen) atoms. The van der Waals surface area contributed by atoms with Crippen molar-refractivity contribution in [1.29, 1.82) is 0 Å². The van der Waals surface area contributed by atoms with Gasteiger partial charge in [-0.25, -0.2) is 0 Å². The van der Waals surface area contributed by atoms with Crippen LogP contribution in [0.4, 0.5) is 4.79 Å². The highest BCUT2D eigenvalue weighted by Gasteiger charge is 2.36. The molecule has 1 aromatic heterocycles. The van der Waals surface area contributed by atoms with Gasteiger partial charge in [-0.1, -0.05) is 23.7 Å². The Hall–Kier alpha value is -2.51. The fourth-order valence-corrected chi connectivity index (χ4v) is 3.11. The summed E-state index contributed by atoms with van der Waals surface area (Å²) < 4.78 is 5.10. The highest BCUT2D eigenvalue weighted by atomic mass is 35.5. The van der Waals surface area contributed by atoms with Gasteiger partial charge in [0.2, 0.25) is 5.91 Å². The van der Waals surface area contributed by atoms with Gasteiger partial charge in [0.25, 0.3) is 11.1 Å². The molecule has 3 rings (SSSR count). The van der Waals surface area contributed by atoms with Crippen LogP contribution in [0.5, 0.6) is 0 Å². The van der Waals surface area contributed by atoms with E-state index in [0.29, 0.717) is 10.8 Å². The summed E-state index contributed by atoms with van der Waals surface area (Å²) in [5.41, 5.74) is 0.747. The van der Waals surface area contributed by atoms with Crippen LogP contribution in [0.15, 0.2) is 52.0 Å². The first-order chi connectivity index (χ1) is 12.0. The number of hydrogen-bond acceptors (Lipinski definition) is 5. The third-order valence-electron chi connectivity index (χ3n) is 3.38. The molecule has 6 nitrogen and oxygen atoms in total. The number of hydrogen-bond donors (Lipinski definition) is 1. The highest BCUT2D eigenvalue weighted by Crippen LogP contribution is 2.32. The number of halogens is 1. The van der Waals surface area contributed by atoms with Gasteiger partial charge in [-0.15, -0.1) is 0 Å². The Morgan fingerprint density at radius 2 is 2.00 bits per heavy atom. The van der Waals surface area contributed by atoms with Gasteiger partial charge in [0.1, 0.15) is 12.3 Å². The number of imide groups is 1. The van der Waals surface area contributed by atoms with Crippen molar-refractivity contribution in [3.05, 3.63) is 63.9 Å². The predicted octanol–water partition coefficient (Wildman–Crippen LogP) is 3.29. The topological polar surface area (TPSA) is 79.6 Å². The Kier molecular flexibility index (Phi) is 5.25. The predicted molar refractivity (Wildman–Crippen MR) is 94.7 cm³/mol. The molecular weight excluding hydrogens is 364 g/mol. The minimum atomic E-state index is -0.488. The van der Waals surface area contributed by atoms with Crippen LogP contribution in [-0.2, 0) is 16.1 Å². The van der Waals surface area contributed by atoms with E-state index < -0.39 is 17.1 Å². The van der Waals surface area contributed by atoms with E-state index in [0.717, 1.165) is 22.2 Å². The SMILES string of the molecule is O=C(CN1C(=O)S/C(=C\c2ccc(Cl)cc2)C1=O)NCc1ccco1. The maximum Gasteiger partial charge on any atom is 0.294 e. The van der Waals surface area contributed by atoms with Gasteiger partial charge in [0.15, 0.2) is 0 Å². The number of amides is 3. The quantitative estimate of drug-likeness (QED) is 0.810. The fraction of sp³-hybridized carbons (Fsp3) is 0.118. The first-order valence-corrected chi connectivity index (χ1v) is 8.52. The number of rotatable bonds is 5. The Bertz CT molecular complexity index is 831. The number of benzene rings is 1. The zero-order valence-electron chi connectivity index (χ0n) is 12.9. The van der Waals surface area contributed by atoms with Crippen LogP contribution in [0, 0.1) is 0 Å². The van der Waals surface area contributed by atoms with Crippen LogP contribution in [0.2, 0.25) is 5.02 Å². The minimum absolute atomic E-state index is 0.197. The summed E-state index contributed by atoms with van der Waals surface area (Å²) in [5, 5.41) is 2.71. The van der Waals surface area contributed by atoms with Gasteiger partial charge in [-0.2, -0.15) is 0 Å². The van der Waals surface area contributed by atoms with Crippen molar-refractivity contribution in [3.63, 3.8) is 0 Å². The van der Waals surface area contributed by atoms with Gasteiger partial charge >= 0.3 is 0 Å². The molecule has 0 spiro atoms. The van der Waals surface area contributed by atoms with Crippen molar-refractivity contribution in [3.8, 4) is 0 Å². The molecule has 128 valence electrons. The number of carbonyl (C=O) groups excluding carboxylic acids is 3. The summed E-state index contributed by atoms with van der Waals surface area (Å²) in [6.45, 7) is -0.133. The monoisotopic (exact) mass is 376 g/mol. The molecule has 0 aliphatic carbocycles. The van der Waals surface area contributed by atoms with Crippen LogP contribution >= 0.6 is 23.4 Å². The lowest BCUT2D eigenvalue weighted by Gasteiger charge is -2.11. The molecule has 0 unspecified atom stereocenters. The van der Waals surface area contributed by atoms with E-state index in [-0.39, 0.29) is 18.0 Å². The molecule has 2 aromatic rings. The molecule has 1 aliphatic heterocycles. The average Bonchev–Trinajstić information content (AvgIpc) is 3.19. The van der Waals surface area contributed by atoms with Gasteiger partial charge < -0.3 is 9.73 Å². The molecule has 1 aliphatic rings. The van der Waals surface area contributed by atoms with Crippen LogP contribution in [-0.4, -0.2) is 28.5 Å². The van der Waals surface area contributed by atoms with Gasteiger partial charge in [-0.3, -0.25) is 19.3 Å². The molecule has 1 N–H and O–H groups in total.